The smallest absolute Gasteiger partial charge is 0.227 e. The van der Waals surface area contributed by atoms with Gasteiger partial charge in [-0.15, -0.1) is 0 Å². The maximum atomic E-state index is 12.8. The summed E-state index contributed by atoms with van der Waals surface area (Å²) >= 11 is 0. The number of nitrogens with zero attached hydrogens (tertiary/aromatic N) is 1. The molecule has 2 N–H and O–H groups in total. The van der Waals surface area contributed by atoms with Crippen molar-refractivity contribution in [1.82, 2.24) is 4.90 Å². The van der Waals surface area contributed by atoms with Gasteiger partial charge in [-0.2, -0.15) is 0 Å². The van der Waals surface area contributed by atoms with E-state index in [1.807, 2.05) is 62.4 Å². The fourth-order valence-corrected chi connectivity index (χ4v) is 2.61. The topological polar surface area (TPSA) is 63.4 Å². The number of rotatable bonds is 7. The van der Waals surface area contributed by atoms with Crippen molar-refractivity contribution in [3.63, 3.8) is 0 Å². The molecule has 4 nitrogen and oxygen atoms in total. The van der Waals surface area contributed by atoms with Gasteiger partial charge in [-0.05, 0) is 30.5 Å². The first-order chi connectivity index (χ1) is 11.5. The molecule has 0 saturated carbocycles. The van der Waals surface area contributed by atoms with E-state index >= 15 is 0 Å². The highest BCUT2D eigenvalue weighted by atomic mass is 16.2. The van der Waals surface area contributed by atoms with Gasteiger partial charge in [0, 0.05) is 19.5 Å². The summed E-state index contributed by atoms with van der Waals surface area (Å²) in [6, 6.07) is 15.9. The van der Waals surface area contributed by atoms with Crippen LogP contribution in [0, 0.1) is 13.8 Å². The Morgan fingerprint density at radius 3 is 2.42 bits per heavy atom. The first kappa shape index (κ1) is 17.7. The van der Waals surface area contributed by atoms with Crippen molar-refractivity contribution in [3.8, 4) is 0 Å². The van der Waals surface area contributed by atoms with E-state index in [0.717, 1.165) is 22.3 Å². The van der Waals surface area contributed by atoms with Gasteiger partial charge in [0.1, 0.15) is 0 Å². The molecule has 2 aromatic rings. The van der Waals surface area contributed by atoms with Crippen LogP contribution in [-0.2, 0) is 22.6 Å². The van der Waals surface area contributed by atoms with Crippen molar-refractivity contribution in [2.75, 3.05) is 6.54 Å². The maximum absolute atomic E-state index is 12.8. The van der Waals surface area contributed by atoms with Crippen LogP contribution in [0.3, 0.4) is 0 Å². The number of hydrogen-bond donors (Lipinski definition) is 1. The van der Waals surface area contributed by atoms with Crippen LogP contribution in [0.15, 0.2) is 48.5 Å². The van der Waals surface area contributed by atoms with Gasteiger partial charge in [0.25, 0.3) is 0 Å². The Morgan fingerprint density at radius 1 is 1.04 bits per heavy atom. The van der Waals surface area contributed by atoms with Gasteiger partial charge in [0.05, 0.1) is 6.42 Å². The minimum Gasteiger partial charge on any atom is -0.370 e. The van der Waals surface area contributed by atoms with Gasteiger partial charge in [-0.25, -0.2) is 0 Å². The summed E-state index contributed by atoms with van der Waals surface area (Å²) in [5.74, 6) is -0.388. The van der Waals surface area contributed by atoms with Crippen molar-refractivity contribution < 1.29 is 9.59 Å². The standard InChI is InChI=1S/C20H24N2O2/c1-15-8-9-16(2)18(12-15)13-20(24)22(11-10-19(21)23)14-17-6-4-3-5-7-17/h3-9,12H,10-11,13-14H2,1-2H3,(H2,21,23). The molecule has 0 atom stereocenters. The summed E-state index contributed by atoms with van der Waals surface area (Å²) in [7, 11) is 0. The lowest BCUT2D eigenvalue weighted by Gasteiger charge is -2.23. The molecule has 0 fully saturated rings. The number of nitrogens with two attached hydrogens (primary N) is 1. The number of amides is 2. The third kappa shape index (κ3) is 5.23. The second-order valence-corrected chi connectivity index (χ2v) is 6.12. The van der Waals surface area contributed by atoms with Crippen LogP contribution in [0.1, 0.15) is 28.7 Å². The fraction of sp³-hybridized carbons (Fsp3) is 0.300. The van der Waals surface area contributed by atoms with E-state index in [0.29, 0.717) is 19.5 Å². The summed E-state index contributed by atoms with van der Waals surface area (Å²) in [4.78, 5) is 25.6. The van der Waals surface area contributed by atoms with Gasteiger partial charge in [0.2, 0.25) is 11.8 Å². The molecule has 0 aromatic heterocycles. The Bertz CT molecular complexity index is 711. The van der Waals surface area contributed by atoms with E-state index in [-0.39, 0.29) is 12.3 Å². The first-order valence-electron chi connectivity index (χ1n) is 8.12. The minimum atomic E-state index is -0.396. The van der Waals surface area contributed by atoms with Crippen molar-refractivity contribution in [3.05, 3.63) is 70.8 Å². The largest absolute Gasteiger partial charge is 0.370 e. The highest BCUT2D eigenvalue weighted by Gasteiger charge is 2.16. The normalized spacial score (nSPS) is 10.4. The van der Waals surface area contributed by atoms with E-state index in [1.165, 1.54) is 0 Å². The molecule has 0 radical (unpaired) electrons. The van der Waals surface area contributed by atoms with E-state index in [4.69, 9.17) is 5.73 Å². The molecule has 0 heterocycles. The van der Waals surface area contributed by atoms with Gasteiger partial charge in [0.15, 0.2) is 0 Å². The molecule has 2 amide bonds. The first-order valence-corrected chi connectivity index (χ1v) is 8.12. The number of primary amides is 1. The van der Waals surface area contributed by atoms with Crippen LogP contribution >= 0.6 is 0 Å². The lowest BCUT2D eigenvalue weighted by atomic mass is 10.0. The van der Waals surface area contributed by atoms with E-state index in [9.17, 15) is 9.59 Å². The molecule has 0 aliphatic heterocycles. The Labute approximate surface area is 143 Å². The van der Waals surface area contributed by atoms with Crippen LogP contribution in [-0.4, -0.2) is 23.3 Å². The zero-order chi connectivity index (χ0) is 17.5. The van der Waals surface area contributed by atoms with Gasteiger partial charge in [-0.1, -0.05) is 54.1 Å². The Kier molecular flexibility index (Phi) is 6.13. The molecule has 0 spiro atoms. The lowest BCUT2D eigenvalue weighted by molar-refractivity contribution is -0.131. The zero-order valence-corrected chi connectivity index (χ0v) is 14.3. The molecule has 0 unspecified atom stereocenters. The molecule has 0 aliphatic carbocycles. The minimum absolute atomic E-state index is 0.00815. The number of benzene rings is 2. The highest BCUT2D eigenvalue weighted by molar-refractivity contribution is 5.80. The molecule has 126 valence electrons. The van der Waals surface area contributed by atoms with Crippen LogP contribution in [0.5, 0.6) is 0 Å². The molecular weight excluding hydrogens is 300 g/mol. The number of hydrogen-bond acceptors (Lipinski definition) is 2. The third-order valence-corrected chi connectivity index (χ3v) is 4.04. The van der Waals surface area contributed by atoms with E-state index in [1.54, 1.807) is 4.90 Å². The Balaban J connectivity index is 2.13. The number of carbonyl (C=O) groups is 2. The predicted molar refractivity (Wildman–Crippen MR) is 95.3 cm³/mol. The average Bonchev–Trinajstić information content (AvgIpc) is 2.55. The average molecular weight is 324 g/mol. The number of carbonyl (C=O) groups excluding carboxylic acids is 2. The van der Waals surface area contributed by atoms with Crippen molar-refractivity contribution in [1.29, 1.82) is 0 Å². The molecule has 0 saturated heterocycles. The lowest BCUT2D eigenvalue weighted by Crippen LogP contribution is -2.34. The van der Waals surface area contributed by atoms with Gasteiger partial charge < -0.3 is 10.6 Å². The second kappa shape index (κ2) is 8.29. The van der Waals surface area contributed by atoms with Crippen molar-refractivity contribution in [2.24, 2.45) is 5.73 Å². The summed E-state index contributed by atoms with van der Waals surface area (Å²) in [6.07, 6.45) is 0.504. The monoisotopic (exact) mass is 324 g/mol. The summed E-state index contributed by atoms with van der Waals surface area (Å²) in [5, 5.41) is 0. The SMILES string of the molecule is Cc1ccc(C)c(CC(=O)N(CCC(N)=O)Cc2ccccc2)c1. The van der Waals surface area contributed by atoms with Crippen LogP contribution in [0.2, 0.25) is 0 Å². The van der Waals surface area contributed by atoms with Crippen LogP contribution in [0.25, 0.3) is 0 Å². The predicted octanol–water partition coefficient (Wildman–Crippen LogP) is 2.75. The van der Waals surface area contributed by atoms with Gasteiger partial charge in [-0.3, -0.25) is 9.59 Å². The summed E-state index contributed by atoms with van der Waals surface area (Å²) < 4.78 is 0. The second-order valence-electron chi connectivity index (χ2n) is 6.12. The van der Waals surface area contributed by atoms with E-state index < -0.39 is 5.91 Å². The van der Waals surface area contributed by atoms with Crippen LogP contribution < -0.4 is 5.73 Å². The molecule has 2 rings (SSSR count). The van der Waals surface area contributed by atoms with Crippen LogP contribution in [0.4, 0.5) is 0 Å². The zero-order valence-electron chi connectivity index (χ0n) is 14.3. The van der Waals surface area contributed by atoms with Gasteiger partial charge >= 0.3 is 0 Å². The quantitative estimate of drug-likeness (QED) is 0.851. The maximum Gasteiger partial charge on any atom is 0.227 e. The Hall–Kier alpha value is -2.62. The molecule has 0 aliphatic rings. The molecular formula is C20H24N2O2. The van der Waals surface area contributed by atoms with E-state index in [2.05, 4.69) is 0 Å². The molecule has 0 bridgehead atoms. The van der Waals surface area contributed by atoms with Crippen molar-refractivity contribution >= 4 is 11.8 Å². The number of aryl methyl sites for hydroxylation is 2. The molecule has 2 aromatic carbocycles. The fourth-order valence-electron chi connectivity index (χ4n) is 2.61. The van der Waals surface area contributed by atoms with Crippen molar-refractivity contribution in [2.45, 2.75) is 33.2 Å². The summed E-state index contributed by atoms with van der Waals surface area (Å²) in [6.45, 7) is 4.85. The molecule has 4 heteroatoms. The molecule has 24 heavy (non-hydrogen) atoms. The third-order valence-electron chi connectivity index (χ3n) is 4.04. The summed E-state index contributed by atoms with van der Waals surface area (Å²) in [5.41, 5.74) is 9.55. The highest BCUT2D eigenvalue weighted by Crippen LogP contribution is 2.14. The Morgan fingerprint density at radius 2 is 1.75 bits per heavy atom.